The highest BCUT2D eigenvalue weighted by Crippen LogP contribution is 2.30. The molecule has 4 heteroatoms. The van der Waals surface area contributed by atoms with Crippen molar-refractivity contribution in [2.45, 2.75) is 38.0 Å². The van der Waals surface area contributed by atoms with E-state index in [2.05, 4.69) is 24.3 Å². The lowest BCUT2D eigenvalue weighted by atomic mass is 10.0. The minimum atomic E-state index is -0.933. The molecule has 3 rings (SSSR count). The average Bonchev–Trinajstić information content (AvgIpc) is 2.71. The molecule has 24 heavy (non-hydrogen) atoms. The minimum Gasteiger partial charge on any atom is -0.508 e. The van der Waals surface area contributed by atoms with Gasteiger partial charge in [0.25, 0.3) is 0 Å². The molecule has 1 aliphatic rings. The molecule has 128 valence electrons. The lowest BCUT2D eigenvalue weighted by molar-refractivity contribution is -0.0813. The Hall–Kier alpha value is -1.88. The second kappa shape index (κ2) is 7.79. The molecule has 2 atom stereocenters. The van der Waals surface area contributed by atoms with Gasteiger partial charge in [0.05, 0.1) is 0 Å². The van der Waals surface area contributed by atoms with Crippen LogP contribution in [0.15, 0.2) is 48.5 Å². The lowest BCUT2D eigenvalue weighted by Crippen LogP contribution is -2.39. The average molecular weight is 327 g/mol. The third-order valence-corrected chi connectivity index (χ3v) is 4.77. The van der Waals surface area contributed by atoms with E-state index in [4.69, 9.17) is 0 Å². The Morgan fingerprint density at radius 1 is 1.00 bits per heavy atom. The molecular formula is C20H25NO3. The molecule has 3 N–H and O–H groups in total. The van der Waals surface area contributed by atoms with Crippen LogP contribution in [-0.4, -0.2) is 39.5 Å². The van der Waals surface area contributed by atoms with Crippen LogP contribution in [-0.2, 0) is 12.8 Å². The molecule has 4 nitrogen and oxygen atoms in total. The molecule has 0 saturated carbocycles. The SMILES string of the molecule is Oc1ccc2c(c1)CCN(CCCCc1ccccc1)[C@@H](O)[C@H]2O. The fourth-order valence-corrected chi connectivity index (χ4v) is 3.39. The van der Waals surface area contributed by atoms with Crippen molar-refractivity contribution in [2.75, 3.05) is 13.1 Å². The van der Waals surface area contributed by atoms with Gasteiger partial charge in [-0.1, -0.05) is 36.4 Å². The van der Waals surface area contributed by atoms with Gasteiger partial charge in [-0.15, -0.1) is 0 Å². The highest BCUT2D eigenvalue weighted by atomic mass is 16.3. The van der Waals surface area contributed by atoms with Crippen LogP contribution in [0.5, 0.6) is 5.75 Å². The Balaban J connectivity index is 1.55. The topological polar surface area (TPSA) is 63.9 Å². The van der Waals surface area contributed by atoms with Crippen LogP contribution < -0.4 is 0 Å². The van der Waals surface area contributed by atoms with Crippen LogP contribution in [0.4, 0.5) is 0 Å². The molecule has 0 bridgehead atoms. The summed E-state index contributed by atoms with van der Waals surface area (Å²) >= 11 is 0. The monoisotopic (exact) mass is 327 g/mol. The van der Waals surface area contributed by atoms with Crippen LogP contribution >= 0.6 is 0 Å². The van der Waals surface area contributed by atoms with Crippen molar-refractivity contribution in [2.24, 2.45) is 0 Å². The maximum Gasteiger partial charge on any atom is 0.137 e. The zero-order valence-electron chi connectivity index (χ0n) is 13.8. The van der Waals surface area contributed by atoms with Crippen molar-refractivity contribution in [3.63, 3.8) is 0 Å². The van der Waals surface area contributed by atoms with E-state index in [1.807, 2.05) is 11.0 Å². The zero-order chi connectivity index (χ0) is 16.9. The Kier molecular flexibility index (Phi) is 5.51. The Morgan fingerprint density at radius 3 is 2.58 bits per heavy atom. The first-order chi connectivity index (χ1) is 11.6. The highest BCUT2D eigenvalue weighted by Gasteiger charge is 2.29. The second-order valence-corrected chi connectivity index (χ2v) is 6.47. The molecule has 0 radical (unpaired) electrons. The van der Waals surface area contributed by atoms with Crippen LogP contribution in [0.2, 0.25) is 0 Å². The van der Waals surface area contributed by atoms with E-state index in [1.54, 1.807) is 18.2 Å². The van der Waals surface area contributed by atoms with Gasteiger partial charge in [-0.2, -0.15) is 0 Å². The van der Waals surface area contributed by atoms with E-state index in [-0.39, 0.29) is 5.75 Å². The van der Waals surface area contributed by atoms with Gasteiger partial charge in [0.2, 0.25) is 0 Å². The molecule has 2 aromatic carbocycles. The van der Waals surface area contributed by atoms with Gasteiger partial charge in [-0.05, 0) is 54.5 Å². The van der Waals surface area contributed by atoms with Crippen molar-refractivity contribution in [3.05, 3.63) is 65.2 Å². The molecule has 1 aliphatic heterocycles. The third-order valence-electron chi connectivity index (χ3n) is 4.77. The minimum absolute atomic E-state index is 0.201. The van der Waals surface area contributed by atoms with Crippen molar-refractivity contribution >= 4 is 0 Å². The standard InChI is InChI=1S/C20H25NO3/c22-17-9-10-18-16(14-17)11-13-21(20(24)19(18)23)12-5-4-8-15-6-2-1-3-7-15/h1-3,6-7,9-10,14,19-20,22-24H,4-5,8,11-13H2/t19-,20-/m0/s1. The van der Waals surface area contributed by atoms with Gasteiger partial charge in [0.1, 0.15) is 18.1 Å². The quantitative estimate of drug-likeness (QED) is 0.739. The largest absolute Gasteiger partial charge is 0.508 e. The normalized spacial score (nSPS) is 21.2. The zero-order valence-corrected chi connectivity index (χ0v) is 13.8. The summed E-state index contributed by atoms with van der Waals surface area (Å²) in [5.74, 6) is 0.201. The van der Waals surface area contributed by atoms with E-state index in [0.717, 1.165) is 37.8 Å². The smallest absolute Gasteiger partial charge is 0.137 e. The van der Waals surface area contributed by atoms with Gasteiger partial charge in [-0.25, -0.2) is 0 Å². The Bertz CT molecular complexity index is 659. The van der Waals surface area contributed by atoms with Crippen molar-refractivity contribution in [3.8, 4) is 5.75 Å². The summed E-state index contributed by atoms with van der Waals surface area (Å²) in [5, 5.41) is 30.5. The number of hydrogen-bond acceptors (Lipinski definition) is 4. The first-order valence-corrected chi connectivity index (χ1v) is 8.61. The van der Waals surface area contributed by atoms with Crippen molar-refractivity contribution in [1.29, 1.82) is 0 Å². The molecule has 0 unspecified atom stereocenters. The van der Waals surface area contributed by atoms with Crippen LogP contribution in [0, 0.1) is 0 Å². The number of aliphatic hydroxyl groups is 2. The summed E-state index contributed by atoms with van der Waals surface area (Å²) in [6, 6.07) is 15.3. The number of rotatable bonds is 5. The van der Waals surface area contributed by atoms with Gasteiger partial charge in [0, 0.05) is 13.1 Å². The molecule has 0 aliphatic carbocycles. The summed E-state index contributed by atoms with van der Waals surface area (Å²) in [5.41, 5.74) is 2.96. The van der Waals surface area contributed by atoms with E-state index in [9.17, 15) is 15.3 Å². The number of nitrogens with zero attached hydrogens (tertiary/aromatic N) is 1. The number of benzene rings is 2. The molecule has 1 heterocycles. The second-order valence-electron chi connectivity index (χ2n) is 6.47. The Labute approximate surface area is 143 Å². The molecule has 0 aromatic heterocycles. The van der Waals surface area contributed by atoms with E-state index in [1.165, 1.54) is 5.56 Å². The van der Waals surface area contributed by atoms with Crippen LogP contribution in [0.1, 0.15) is 35.6 Å². The molecule has 0 spiro atoms. The summed E-state index contributed by atoms with van der Waals surface area (Å²) in [6.45, 7) is 1.44. The summed E-state index contributed by atoms with van der Waals surface area (Å²) < 4.78 is 0. The van der Waals surface area contributed by atoms with E-state index >= 15 is 0 Å². The summed E-state index contributed by atoms with van der Waals surface area (Å²) in [7, 11) is 0. The van der Waals surface area contributed by atoms with Crippen LogP contribution in [0.3, 0.4) is 0 Å². The fourth-order valence-electron chi connectivity index (χ4n) is 3.39. The van der Waals surface area contributed by atoms with E-state index in [0.29, 0.717) is 12.1 Å². The lowest BCUT2D eigenvalue weighted by Gasteiger charge is -2.28. The molecule has 0 amide bonds. The molecule has 2 aromatic rings. The molecule has 0 saturated heterocycles. The third kappa shape index (κ3) is 3.96. The number of aliphatic hydroxyl groups excluding tert-OH is 2. The van der Waals surface area contributed by atoms with Gasteiger partial charge in [0.15, 0.2) is 0 Å². The summed E-state index contributed by atoms with van der Waals surface area (Å²) in [4.78, 5) is 1.94. The number of unbranched alkanes of at least 4 members (excludes halogenated alkanes) is 1. The number of hydrogen-bond donors (Lipinski definition) is 3. The maximum absolute atomic E-state index is 10.5. The highest BCUT2D eigenvalue weighted by molar-refractivity contribution is 5.37. The fraction of sp³-hybridized carbons (Fsp3) is 0.400. The molecular weight excluding hydrogens is 302 g/mol. The van der Waals surface area contributed by atoms with Gasteiger partial charge >= 0.3 is 0 Å². The first-order valence-electron chi connectivity index (χ1n) is 8.61. The number of fused-ring (bicyclic) bond motifs is 1. The van der Waals surface area contributed by atoms with Gasteiger partial charge in [-0.3, -0.25) is 4.90 Å². The van der Waals surface area contributed by atoms with E-state index < -0.39 is 12.3 Å². The van der Waals surface area contributed by atoms with Crippen LogP contribution in [0.25, 0.3) is 0 Å². The van der Waals surface area contributed by atoms with Crippen molar-refractivity contribution in [1.82, 2.24) is 4.90 Å². The predicted molar refractivity (Wildman–Crippen MR) is 93.7 cm³/mol. The van der Waals surface area contributed by atoms with Crippen molar-refractivity contribution < 1.29 is 15.3 Å². The maximum atomic E-state index is 10.5. The molecule has 0 fully saturated rings. The first kappa shape index (κ1) is 17.0. The number of aryl methyl sites for hydroxylation is 1. The number of aromatic hydroxyl groups is 1. The number of phenols is 1. The summed E-state index contributed by atoms with van der Waals surface area (Å²) in [6.07, 6.45) is 1.94. The Morgan fingerprint density at radius 2 is 1.79 bits per heavy atom. The number of phenolic OH excluding ortho intramolecular Hbond substituents is 1. The van der Waals surface area contributed by atoms with Gasteiger partial charge < -0.3 is 15.3 Å². The predicted octanol–water partition coefficient (Wildman–Crippen LogP) is 2.63.